The van der Waals surface area contributed by atoms with Crippen LogP contribution < -0.4 is 9.64 Å². The van der Waals surface area contributed by atoms with Crippen molar-refractivity contribution in [2.24, 2.45) is 0 Å². The van der Waals surface area contributed by atoms with Crippen LogP contribution in [0.5, 0.6) is 5.75 Å². The Morgan fingerprint density at radius 2 is 1.86 bits per heavy atom. The lowest BCUT2D eigenvalue weighted by Crippen LogP contribution is -2.11. The van der Waals surface area contributed by atoms with E-state index in [1.165, 1.54) is 4.90 Å². The number of ketones is 1. The van der Waals surface area contributed by atoms with Gasteiger partial charge in [0.15, 0.2) is 5.78 Å². The minimum Gasteiger partial charge on any atom is -0.497 e. The molecule has 0 N–H and O–H groups in total. The average molecular weight is 297 g/mol. The third-order valence-corrected chi connectivity index (χ3v) is 4.57. The molecular weight excluding hydrogens is 282 g/mol. The van der Waals surface area contributed by atoms with Gasteiger partial charge in [0.2, 0.25) is 0 Å². The molecule has 2 aromatic rings. The Morgan fingerprint density at radius 1 is 1.14 bits per heavy atom. The van der Waals surface area contributed by atoms with Gasteiger partial charge in [-0.05, 0) is 36.4 Å². The number of fused-ring (bicyclic) bond motifs is 1. The van der Waals surface area contributed by atoms with Gasteiger partial charge in [-0.2, -0.15) is 0 Å². The summed E-state index contributed by atoms with van der Waals surface area (Å²) in [5.74, 6) is 0.749. The fraction of sp³-hybridized carbons (Fsp3) is 0.118. The molecule has 0 saturated carbocycles. The van der Waals surface area contributed by atoms with Crippen LogP contribution >= 0.6 is 11.8 Å². The van der Waals surface area contributed by atoms with Gasteiger partial charge in [0, 0.05) is 23.6 Å². The van der Waals surface area contributed by atoms with Gasteiger partial charge in [0.25, 0.3) is 0 Å². The maximum absolute atomic E-state index is 12.3. The van der Waals surface area contributed by atoms with E-state index in [0.29, 0.717) is 5.56 Å². The molecule has 0 bridgehead atoms. The van der Waals surface area contributed by atoms with Crippen molar-refractivity contribution in [2.75, 3.05) is 19.1 Å². The lowest BCUT2D eigenvalue weighted by Gasteiger charge is -2.12. The summed E-state index contributed by atoms with van der Waals surface area (Å²) in [5.41, 5.74) is 1.80. The van der Waals surface area contributed by atoms with Crippen molar-refractivity contribution in [1.29, 1.82) is 0 Å². The maximum Gasteiger partial charge on any atom is 0.188 e. The minimum absolute atomic E-state index is 0.000177. The molecule has 1 aliphatic heterocycles. The lowest BCUT2D eigenvalue weighted by molar-refractivity contribution is 0.104. The average Bonchev–Trinajstić information content (AvgIpc) is 2.84. The van der Waals surface area contributed by atoms with Crippen LogP contribution in [0.3, 0.4) is 0 Å². The Hall–Kier alpha value is -2.20. The van der Waals surface area contributed by atoms with Crippen LogP contribution in [0.15, 0.2) is 64.5 Å². The standard InChI is InChI=1S/C17H15NO2S/c1-18-14-5-3-4-6-16(14)21-17(18)11-15(19)12-7-9-13(20-2)10-8-12/h3-11H,1-2H3/b17-11+. The molecule has 1 heterocycles. The fourth-order valence-corrected chi connectivity index (χ4v) is 3.28. The van der Waals surface area contributed by atoms with Crippen molar-refractivity contribution in [2.45, 2.75) is 4.90 Å². The zero-order valence-corrected chi connectivity index (χ0v) is 12.7. The number of ether oxygens (including phenoxy) is 1. The van der Waals surface area contributed by atoms with Crippen LogP contribution in [0.25, 0.3) is 0 Å². The van der Waals surface area contributed by atoms with E-state index in [0.717, 1.165) is 16.5 Å². The first-order chi connectivity index (χ1) is 10.2. The summed E-state index contributed by atoms with van der Waals surface area (Å²) in [6.45, 7) is 0. The molecule has 0 spiro atoms. The number of carbonyl (C=O) groups is 1. The van der Waals surface area contributed by atoms with Gasteiger partial charge in [-0.15, -0.1) is 0 Å². The number of para-hydroxylation sites is 1. The number of carbonyl (C=O) groups excluding carboxylic acids is 1. The summed E-state index contributed by atoms with van der Waals surface area (Å²) in [5, 5.41) is 0.942. The highest BCUT2D eigenvalue weighted by Gasteiger charge is 2.22. The number of benzene rings is 2. The van der Waals surface area contributed by atoms with Gasteiger partial charge in [-0.3, -0.25) is 4.79 Å². The van der Waals surface area contributed by atoms with Crippen LogP contribution in [0.2, 0.25) is 0 Å². The molecular formula is C17H15NO2S. The second-order valence-electron chi connectivity index (χ2n) is 4.70. The Bertz CT molecular complexity index is 707. The van der Waals surface area contributed by atoms with E-state index in [1.54, 1.807) is 49.2 Å². The molecule has 106 valence electrons. The molecule has 0 radical (unpaired) electrons. The van der Waals surface area contributed by atoms with E-state index in [-0.39, 0.29) is 5.78 Å². The number of hydrogen-bond acceptors (Lipinski definition) is 4. The summed E-state index contributed by atoms with van der Waals surface area (Å²) >= 11 is 1.62. The quantitative estimate of drug-likeness (QED) is 0.633. The molecule has 1 aliphatic rings. The summed E-state index contributed by atoms with van der Waals surface area (Å²) in [6, 6.07) is 15.3. The molecule has 21 heavy (non-hydrogen) atoms. The molecule has 2 aromatic carbocycles. The first kappa shape index (κ1) is 13.8. The highest BCUT2D eigenvalue weighted by atomic mass is 32.2. The van der Waals surface area contributed by atoms with Crippen LogP contribution in [0.4, 0.5) is 5.69 Å². The molecule has 0 amide bonds. The zero-order chi connectivity index (χ0) is 14.8. The zero-order valence-electron chi connectivity index (χ0n) is 11.9. The van der Waals surface area contributed by atoms with Gasteiger partial charge in [0.1, 0.15) is 5.75 Å². The second kappa shape index (κ2) is 5.66. The fourth-order valence-electron chi connectivity index (χ4n) is 2.20. The number of rotatable bonds is 3. The van der Waals surface area contributed by atoms with Crippen LogP contribution in [0.1, 0.15) is 10.4 Å². The number of methoxy groups -OCH3 is 1. The molecule has 3 nitrogen and oxygen atoms in total. The lowest BCUT2D eigenvalue weighted by atomic mass is 10.1. The van der Waals surface area contributed by atoms with Crippen molar-refractivity contribution in [3.63, 3.8) is 0 Å². The topological polar surface area (TPSA) is 29.5 Å². The predicted molar refractivity (Wildman–Crippen MR) is 86.1 cm³/mol. The molecule has 0 fully saturated rings. The van der Waals surface area contributed by atoms with Gasteiger partial charge in [-0.1, -0.05) is 23.9 Å². The van der Waals surface area contributed by atoms with E-state index in [2.05, 4.69) is 12.1 Å². The first-order valence-corrected chi connectivity index (χ1v) is 7.41. The minimum atomic E-state index is -0.000177. The Morgan fingerprint density at radius 3 is 2.52 bits per heavy atom. The molecule has 0 unspecified atom stereocenters. The van der Waals surface area contributed by atoms with Crippen LogP contribution in [-0.2, 0) is 0 Å². The Kier molecular flexibility index (Phi) is 3.71. The first-order valence-electron chi connectivity index (χ1n) is 6.60. The highest BCUT2D eigenvalue weighted by Crippen LogP contribution is 2.44. The molecule has 3 rings (SSSR count). The van der Waals surface area contributed by atoms with Gasteiger partial charge in [-0.25, -0.2) is 0 Å². The van der Waals surface area contributed by atoms with Gasteiger partial charge < -0.3 is 9.64 Å². The molecule has 0 saturated heterocycles. The third kappa shape index (κ3) is 2.67. The van der Waals surface area contributed by atoms with Crippen molar-refractivity contribution in [1.82, 2.24) is 0 Å². The van der Waals surface area contributed by atoms with Gasteiger partial charge in [0.05, 0.1) is 17.8 Å². The molecule has 0 atom stereocenters. The molecule has 4 heteroatoms. The van der Waals surface area contributed by atoms with E-state index < -0.39 is 0 Å². The number of nitrogens with zero attached hydrogens (tertiary/aromatic N) is 1. The highest BCUT2D eigenvalue weighted by molar-refractivity contribution is 8.03. The smallest absolute Gasteiger partial charge is 0.188 e. The third-order valence-electron chi connectivity index (χ3n) is 3.40. The molecule has 0 aromatic heterocycles. The predicted octanol–water partition coefficient (Wildman–Crippen LogP) is 3.96. The second-order valence-corrected chi connectivity index (χ2v) is 5.77. The van der Waals surface area contributed by atoms with Crippen molar-refractivity contribution >= 4 is 23.2 Å². The number of hydrogen-bond donors (Lipinski definition) is 0. The monoisotopic (exact) mass is 297 g/mol. The summed E-state index contributed by atoms with van der Waals surface area (Å²) in [4.78, 5) is 15.6. The number of thioether (sulfide) groups is 1. The van der Waals surface area contributed by atoms with E-state index >= 15 is 0 Å². The maximum atomic E-state index is 12.3. The Labute approximate surface area is 128 Å². The van der Waals surface area contributed by atoms with E-state index in [4.69, 9.17) is 4.74 Å². The summed E-state index contributed by atoms with van der Waals surface area (Å²) in [7, 11) is 3.59. The van der Waals surface area contributed by atoms with E-state index in [1.807, 2.05) is 24.1 Å². The van der Waals surface area contributed by atoms with Crippen LogP contribution in [-0.4, -0.2) is 19.9 Å². The van der Waals surface area contributed by atoms with Crippen molar-refractivity contribution in [3.05, 3.63) is 65.2 Å². The van der Waals surface area contributed by atoms with Crippen molar-refractivity contribution in [3.8, 4) is 5.75 Å². The Balaban J connectivity index is 1.84. The van der Waals surface area contributed by atoms with Gasteiger partial charge >= 0.3 is 0 Å². The SMILES string of the molecule is COc1ccc(C(=O)/C=C2/Sc3ccccc3N2C)cc1. The largest absolute Gasteiger partial charge is 0.497 e. The van der Waals surface area contributed by atoms with Crippen molar-refractivity contribution < 1.29 is 9.53 Å². The summed E-state index contributed by atoms with van der Waals surface area (Å²) < 4.78 is 5.10. The number of anilines is 1. The summed E-state index contributed by atoms with van der Waals surface area (Å²) in [6.07, 6.45) is 1.69. The number of allylic oxidation sites excluding steroid dienone is 1. The van der Waals surface area contributed by atoms with Crippen LogP contribution in [0, 0.1) is 0 Å². The van der Waals surface area contributed by atoms with E-state index in [9.17, 15) is 4.79 Å². The normalized spacial score (nSPS) is 15.1. The molecule has 0 aliphatic carbocycles.